The van der Waals surface area contributed by atoms with E-state index in [0.29, 0.717) is 17.1 Å². The van der Waals surface area contributed by atoms with Gasteiger partial charge in [0.2, 0.25) is 0 Å². The van der Waals surface area contributed by atoms with E-state index >= 15 is 0 Å². The summed E-state index contributed by atoms with van der Waals surface area (Å²) in [7, 11) is 0. The van der Waals surface area contributed by atoms with Gasteiger partial charge in [-0.25, -0.2) is 15.0 Å². The summed E-state index contributed by atoms with van der Waals surface area (Å²) in [6.07, 6.45) is 5.11. The molecule has 2 aliphatic heterocycles. The summed E-state index contributed by atoms with van der Waals surface area (Å²) in [5.41, 5.74) is 13.1. The van der Waals surface area contributed by atoms with Gasteiger partial charge in [-0.15, -0.1) is 0 Å². The van der Waals surface area contributed by atoms with Crippen molar-refractivity contribution in [1.29, 1.82) is 5.26 Å². The summed E-state index contributed by atoms with van der Waals surface area (Å²) in [5.74, 6) is 1.15. The van der Waals surface area contributed by atoms with Crippen LogP contribution in [0.15, 0.2) is 85.1 Å². The van der Waals surface area contributed by atoms with Gasteiger partial charge >= 0.3 is 0 Å². The third-order valence-electron chi connectivity index (χ3n) is 7.95. The summed E-state index contributed by atoms with van der Waals surface area (Å²) in [4.78, 5) is 18.7. The molecule has 0 aliphatic carbocycles. The maximum absolute atomic E-state index is 9.21. The van der Waals surface area contributed by atoms with E-state index < -0.39 is 0 Å². The van der Waals surface area contributed by atoms with Crippen LogP contribution in [0.3, 0.4) is 0 Å². The van der Waals surface area contributed by atoms with Gasteiger partial charge in [-0.05, 0) is 48.4 Å². The van der Waals surface area contributed by atoms with Gasteiger partial charge in [-0.3, -0.25) is 9.47 Å². The topological polar surface area (TPSA) is 99.9 Å². The van der Waals surface area contributed by atoms with Crippen molar-refractivity contribution < 1.29 is 0 Å². The number of hydrogen-bond donors (Lipinski definition) is 1. The molecular weight excluding hydrogens is 508 g/mol. The standard InChI is InChI=1S/C31H28N8.C2H6/c32-21-37-16-14-31(18-37)19-38(20-31)17-22-8-10-24(11-9-22)39-29(25-7-4-15-34-28(25)33)36-27-13-12-26(35-30(27)39)23-5-2-1-3-6-23;1-2/h1-13,15H,14,16-20H2,(H2,33,34);1-2H3. The van der Waals surface area contributed by atoms with Crippen molar-refractivity contribution in [2.75, 3.05) is 31.9 Å². The van der Waals surface area contributed by atoms with E-state index in [1.807, 2.05) is 61.2 Å². The number of hydrogen-bond acceptors (Lipinski definition) is 7. The highest BCUT2D eigenvalue weighted by molar-refractivity contribution is 5.84. The molecule has 8 nitrogen and oxygen atoms in total. The van der Waals surface area contributed by atoms with E-state index in [2.05, 4.69) is 57.0 Å². The van der Waals surface area contributed by atoms with E-state index in [0.717, 1.165) is 72.8 Å². The number of nitrogens with zero attached hydrogens (tertiary/aromatic N) is 7. The highest BCUT2D eigenvalue weighted by Gasteiger charge is 2.47. The zero-order valence-electron chi connectivity index (χ0n) is 23.5. The summed E-state index contributed by atoms with van der Waals surface area (Å²) in [6.45, 7) is 8.79. The number of nitrogens with two attached hydrogens (primary N) is 1. The third-order valence-corrected chi connectivity index (χ3v) is 7.95. The molecule has 5 aromatic rings. The quantitative estimate of drug-likeness (QED) is 0.282. The Balaban J connectivity index is 0.00000148. The van der Waals surface area contributed by atoms with Crippen molar-refractivity contribution in [1.82, 2.24) is 29.3 Å². The Morgan fingerprint density at radius 1 is 0.902 bits per heavy atom. The van der Waals surface area contributed by atoms with Gasteiger partial charge in [0.1, 0.15) is 11.3 Å². The first kappa shape index (κ1) is 26.5. The van der Waals surface area contributed by atoms with Crippen molar-refractivity contribution >= 4 is 17.0 Å². The molecule has 2 aromatic carbocycles. The molecule has 2 aliphatic rings. The molecule has 3 aromatic heterocycles. The number of nitriles is 1. The third kappa shape index (κ3) is 5.01. The number of imidazole rings is 1. The van der Waals surface area contributed by atoms with Gasteiger partial charge in [0, 0.05) is 55.6 Å². The first-order valence-corrected chi connectivity index (χ1v) is 14.2. The van der Waals surface area contributed by atoms with Crippen LogP contribution in [0.5, 0.6) is 0 Å². The Morgan fingerprint density at radius 3 is 2.39 bits per heavy atom. The minimum atomic E-state index is 0.298. The van der Waals surface area contributed by atoms with Crippen LogP contribution in [0, 0.1) is 16.9 Å². The first-order valence-electron chi connectivity index (χ1n) is 14.2. The molecule has 5 heterocycles. The van der Waals surface area contributed by atoms with Gasteiger partial charge < -0.3 is 10.6 Å². The molecule has 8 heteroatoms. The van der Waals surface area contributed by atoms with Crippen LogP contribution < -0.4 is 5.73 Å². The molecule has 0 unspecified atom stereocenters. The van der Waals surface area contributed by atoms with Gasteiger partial charge in [0.05, 0.1) is 11.3 Å². The number of benzene rings is 2. The van der Waals surface area contributed by atoms with Crippen molar-refractivity contribution in [3.05, 3.63) is 90.6 Å². The van der Waals surface area contributed by atoms with Crippen LogP contribution in [0.25, 0.3) is 39.5 Å². The SMILES string of the molecule is CC.N#CN1CCC2(C1)CN(Cc1ccc(-n3c(-c4cccnc4N)nc4ccc(-c5ccccc5)nc43)cc1)C2. The van der Waals surface area contributed by atoms with Crippen LogP contribution in [-0.2, 0) is 6.54 Å². The average Bonchev–Trinajstić information content (AvgIpc) is 3.61. The number of anilines is 1. The number of nitrogen functional groups attached to an aromatic ring is 1. The second-order valence-corrected chi connectivity index (χ2v) is 10.7. The predicted octanol–water partition coefficient (Wildman–Crippen LogP) is 5.75. The second-order valence-electron chi connectivity index (χ2n) is 10.7. The highest BCUT2D eigenvalue weighted by atomic mass is 15.3. The molecule has 0 atom stereocenters. The lowest BCUT2D eigenvalue weighted by molar-refractivity contribution is 0.00531. The Labute approximate surface area is 240 Å². The Morgan fingerprint density at radius 2 is 1.68 bits per heavy atom. The maximum Gasteiger partial charge on any atom is 0.179 e. The van der Waals surface area contributed by atoms with Crippen LogP contribution in [0.4, 0.5) is 5.82 Å². The zero-order valence-corrected chi connectivity index (χ0v) is 23.5. The molecule has 0 radical (unpaired) electrons. The molecule has 7 rings (SSSR count). The van der Waals surface area contributed by atoms with Crippen LogP contribution >= 0.6 is 0 Å². The normalized spacial score (nSPS) is 15.8. The van der Waals surface area contributed by atoms with E-state index in [-0.39, 0.29) is 0 Å². The zero-order chi connectivity index (χ0) is 28.4. The molecule has 206 valence electrons. The number of aromatic nitrogens is 4. The van der Waals surface area contributed by atoms with Gasteiger partial charge in [0.15, 0.2) is 17.7 Å². The van der Waals surface area contributed by atoms with Crippen molar-refractivity contribution in [2.45, 2.75) is 26.8 Å². The van der Waals surface area contributed by atoms with E-state index in [9.17, 15) is 5.26 Å². The molecule has 0 saturated carbocycles. The van der Waals surface area contributed by atoms with Gasteiger partial charge in [-0.1, -0.05) is 56.3 Å². The second kappa shape index (κ2) is 11.0. The largest absolute Gasteiger partial charge is 0.383 e. The van der Waals surface area contributed by atoms with E-state index in [4.69, 9.17) is 15.7 Å². The average molecular weight is 543 g/mol. The minimum Gasteiger partial charge on any atom is -0.383 e. The molecular formula is C33H34N8. The van der Waals surface area contributed by atoms with Crippen LogP contribution in [0.1, 0.15) is 25.8 Å². The Bertz CT molecular complexity index is 1700. The Hall–Kier alpha value is -4.74. The number of pyridine rings is 2. The van der Waals surface area contributed by atoms with Crippen LogP contribution in [0.2, 0.25) is 0 Å². The van der Waals surface area contributed by atoms with Crippen LogP contribution in [-0.4, -0.2) is 55.5 Å². The highest BCUT2D eigenvalue weighted by Crippen LogP contribution is 2.40. The lowest BCUT2D eigenvalue weighted by atomic mass is 9.79. The fourth-order valence-electron chi connectivity index (χ4n) is 6.06. The molecule has 0 bridgehead atoms. The lowest BCUT2D eigenvalue weighted by Crippen LogP contribution is -2.56. The molecule has 2 fully saturated rings. The number of likely N-dealkylation sites (tertiary alicyclic amines) is 2. The summed E-state index contributed by atoms with van der Waals surface area (Å²) in [5, 5.41) is 9.21. The van der Waals surface area contributed by atoms with Crippen molar-refractivity contribution in [2.24, 2.45) is 5.41 Å². The number of rotatable bonds is 5. The lowest BCUT2D eigenvalue weighted by Gasteiger charge is -2.48. The molecule has 1 spiro atoms. The molecule has 0 amide bonds. The van der Waals surface area contributed by atoms with E-state index in [1.54, 1.807) is 6.20 Å². The maximum atomic E-state index is 9.21. The van der Waals surface area contributed by atoms with Gasteiger partial charge in [0.25, 0.3) is 0 Å². The first-order chi connectivity index (χ1) is 20.1. The summed E-state index contributed by atoms with van der Waals surface area (Å²) >= 11 is 0. The van der Waals surface area contributed by atoms with Gasteiger partial charge in [-0.2, -0.15) is 5.26 Å². The number of fused-ring (bicyclic) bond motifs is 1. The van der Waals surface area contributed by atoms with Crippen molar-refractivity contribution in [3.63, 3.8) is 0 Å². The monoisotopic (exact) mass is 542 g/mol. The summed E-state index contributed by atoms with van der Waals surface area (Å²) in [6, 6.07) is 26.6. The molecule has 2 N–H and O–H groups in total. The fraction of sp³-hybridized carbons (Fsp3) is 0.273. The molecule has 41 heavy (non-hydrogen) atoms. The molecule has 2 saturated heterocycles. The smallest absolute Gasteiger partial charge is 0.179 e. The Kier molecular flexibility index (Phi) is 7.12. The fourth-order valence-corrected chi connectivity index (χ4v) is 6.06. The summed E-state index contributed by atoms with van der Waals surface area (Å²) < 4.78 is 2.08. The predicted molar refractivity (Wildman–Crippen MR) is 163 cm³/mol. The minimum absolute atomic E-state index is 0.298. The van der Waals surface area contributed by atoms with Crippen molar-refractivity contribution in [3.8, 4) is 34.5 Å². The van der Waals surface area contributed by atoms with E-state index in [1.165, 1.54) is 5.56 Å².